The topological polar surface area (TPSA) is 46.1 Å². The van der Waals surface area contributed by atoms with E-state index in [9.17, 15) is 4.79 Å². The van der Waals surface area contributed by atoms with Crippen molar-refractivity contribution < 1.29 is 4.79 Å². The number of amides is 1. The molecule has 2 rings (SSSR count). The van der Waals surface area contributed by atoms with Gasteiger partial charge in [-0.05, 0) is 12.8 Å². The Morgan fingerprint density at radius 2 is 2.05 bits per heavy atom. The average Bonchev–Trinajstić information content (AvgIpc) is 2.36. The summed E-state index contributed by atoms with van der Waals surface area (Å²) in [5, 5.41) is 0.658. The summed E-state index contributed by atoms with van der Waals surface area (Å²) in [4.78, 5) is 21.9. The summed E-state index contributed by atoms with van der Waals surface area (Å²) in [6, 6.07) is 1.59. The molecule has 0 N–H and O–H groups in total. The fourth-order valence-electron chi connectivity index (χ4n) is 2.40. The molecule has 6 heteroatoms. The summed E-state index contributed by atoms with van der Waals surface area (Å²) in [5.41, 5.74) is 0. The van der Waals surface area contributed by atoms with Crippen LogP contribution >= 0.6 is 23.2 Å². The van der Waals surface area contributed by atoms with E-state index in [0.29, 0.717) is 22.7 Å². The molecule has 1 saturated heterocycles. The van der Waals surface area contributed by atoms with Crippen LogP contribution in [0.15, 0.2) is 18.7 Å². The molecule has 1 fully saturated rings. The van der Waals surface area contributed by atoms with Crippen molar-refractivity contribution in [1.29, 1.82) is 0 Å². The smallest absolute Gasteiger partial charge is 0.219 e. The first-order valence-electron chi connectivity index (χ1n) is 6.11. The monoisotopic (exact) mass is 299 g/mol. The third-order valence-corrected chi connectivity index (χ3v) is 3.74. The number of carbonyl (C=O) groups is 1. The predicted octanol–water partition coefficient (Wildman–Crippen LogP) is 3.06. The van der Waals surface area contributed by atoms with E-state index >= 15 is 0 Å². The molecule has 102 valence electrons. The molecule has 0 saturated carbocycles. The zero-order valence-corrected chi connectivity index (χ0v) is 12.2. The van der Waals surface area contributed by atoms with E-state index in [1.165, 1.54) is 6.07 Å². The van der Waals surface area contributed by atoms with E-state index in [0.717, 1.165) is 12.8 Å². The predicted molar refractivity (Wildman–Crippen MR) is 75.4 cm³/mol. The number of likely N-dealkylation sites (tertiary alicyclic amines) is 1. The van der Waals surface area contributed by atoms with Gasteiger partial charge in [0.15, 0.2) is 0 Å². The zero-order valence-electron chi connectivity index (χ0n) is 10.6. The van der Waals surface area contributed by atoms with Crippen LogP contribution in [-0.4, -0.2) is 33.4 Å². The summed E-state index contributed by atoms with van der Waals surface area (Å²) >= 11 is 11.8. The molecule has 0 radical (unpaired) electrons. The number of piperidine rings is 1. The maximum atomic E-state index is 11.7. The van der Waals surface area contributed by atoms with Crippen LogP contribution in [0.3, 0.4) is 0 Å². The van der Waals surface area contributed by atoms with Crippen molar-refractivity contribution in [3.8, 4) is 0 Å². The highest BCUT2D eigenvalue weighted by molar-refractivity contribution is 6.33. The van der Waals surface area contributed by atoms with Crippen LogP contribution in [0.5, 0.6) is 0 Å². The lowest BCUT2D eigenvalue weighted by atomic mass is 9.92. The average molecular weight is 300 g/mol. The molecule has 1 aliphatic heterocycles. The van der Waals surface area contributed by atoms with Crippen LogP contribution in [0.4, 0.5) is 0 Å². The van der Waals surface area contributed by atoms with E-state index in [1.54, 1.807) is 11.8 Å². The molecule has 1 amide bonds. The number of halogens is 2. The number of carbonyl (C=O) groups excluding carboxylic acids is 1. The van der Waals surface area contributed by atoms with Gasteiger partial charge >= 0.3 is 0 Å². The fourth-order valence-corrected chi connectivity index (χ4v) is 2.83. The Morgan fingerprint density at radius 3 is 2.58 bits per heavy atom. The third kappa shape index (κ3) is 3.25. The van der Waals surface area contributed by atoms with Gasteiger partial charge in [-0.15, -0.1) is 6.58 Å². The first-order valence-corrected chi connectivity index (χ1v) is 6.86. The van der Waals surface area contributed by atoms with Crippen LogP contribution in [0.2, 0.25) is 10.3 Å². The summed E-state index contributed by atoms with van der Waals surface area (Å²) in [6.45, 7) is 5.91. The summed E-state index contributed by atoms with van der Waals surface area (Å²) in [5.74, 6) is 0.699. The van der Waals surface area contributed by atoms with Gasteiger partial charge in [-0.25, -0.2) is 9.97 Å². The standard InChI is InChI=1S/C13H15Cl2N3O/c1-3-10-5-4-9(7-18(10)8(2)19)13-16-11(14)6-12(15)17-13/h3,6,9-10H,1,4-5,7H2,2H3/t9-,10?/m1/s1. The SMILES string of the molecule is C=CC1CC[C@@H](c2nc(Cl)cc(Cl)n2)CN1C(C)=O. The molecule has 0 aromatic carbocycles. The molecule has 0 aliphatic carbocycles. The highest BCUT2D eigenvalue weighted by Crippen LogP contribution is 2.30. The van der Waals surface area contributed by atoms with Gasteiger partial charge < -0.3 is 4.90 Å². The van der Waals surface area contributed by atoms with E-state index in [2.05, 4.69) is 16.5 Å². The number of hydrogen-bond donors (Lipinski definition) is 0. The Morgan fingerprint density at radius 1 is 1.42 bits per heavy atom. The minimum atomic E-state index is 0.0303. The van der Waals surface area contributed by atoms with Crippen molar-refractivity contribution >= 4 is 29.1 Å². The molecule has 2 atom stereocenters. The van der Waals surface area contributed by atoms with Gasteiger partial charge in [-0.3, -0.25) is 4.79 Å². The quantitative estimate of drug-likeness (QED) is 0.623. The Labute approximate surface area is 122 Å². The van der Waals surface area contributed by atoms with E-state index < -0.39 is 0 Å². The van der Waals surface area contributed by atoms with Gasteiger partial charge in [0.1, 0.15) is 16.1 Å². The third-order valence-electron chi connectivity index (χ3n) is 3.35. The lowest BCUT2D eigenvalue weighted by molar-refractivity contribution is -0.131. The maximum absolute atomic E-state index is 11.7. The molecule has 1 unspecified atom stereocenters. The van der Waals surface area contributed by atoms with Crippen molar-refractivity contribution in [1.82, 2.24) is 14.9 Å². The second-order valence-electron chi connectivity index (χ2n) is 4.62. The summed E-state index contributed by atoms with van der Waals surface area (Å²) in [7, 11) is 0. The van der Waals surface area contributed by atoms with E-state index in [-0.39, 0.29) is 17.9 Å². The van der Waals surface area contributed by atoms with Crippen LogP contribution in [0.1, 0.15) is 31.5 Å². The first kappa shape index (κ1) is 14.3. The first-order chi connectivity index (χ1) is 9.01. The highest BCUT2D eigenvalue weighted by atomic mass is 35.5. The number of hydrogen-bond acceptors (Lipinski definition) is 3. The minimum absolute atomic E-state index is 0.0303. The summed E-state index contributed by atoms with van der Waals surface area (Å²) in [6.07, 6.45) is 3.54. The zero-order chi connectivity index (χ0) is 14.0. The molecule has 2 heterocycles. The van der Waals surface area contributed by atoms with Gasteiger partial charge in [0.2, 0.25) is 5.91 Å². The lowest BCUT2D eigenvalue weighted by Crippen LogP contribution is -2.44. The van der Waals surface area contributed by atoms with Crippen LogP contribution < -0.4 is 0 Å². The molecule has 0 spiro atoms. The molecule has 1 aromatic rings. The molecule has 1 aliphatic rings. The Balaban J connectivity index is 2.22. The molecule has 19 heavy (non-hydrogen) atoms. The van der Waals surface area contributed by atoms with E-state index in [1.807, 2.05) is 6.08 Å². The summed E-state index contributed by atoms with van der Waals surface area (Å²) < 4.78 is 0. The second kappa shape index (κ2) is 5.88. The second-order valence-corrected chi connectivity index (χ2v) is 5.39. The Hall–Kier alpha value is -1.13. The van der Waals surface area contributed by atoms with Crippen LogP contribution in [-0.2, 0) is 4.79 Å². The molecular weight excluding hydrogens is 285 g/mol. The van der Waals surface area contributed by atoms with Crippen molar-refractivity contribution in [3.05, 3.63) is 34.9 Å². The van der Waals surface area contributed by atoms with Crippen molar-refractivity contribution in [2.75, 3.05) is 6.54 Å². The van der Waals surface area contributed by atoms with Gasteiger partial charge in [0.05, 0.1) is 0 Å². The van der Waals surface area contributed by atoms with Gasteiger partial charge in [-0.2, -0.15) is 0 Å². The maximum Gasteiger partial charge on any atom is 0.219 e. The van der Waals surface area contributed by atoms with Crippen molar-refractivity contribution in [3.63, 3.8) is 0 Å². The highest BCUT2D eigenvalue weighted by Gasteiger charge is 2.30. The van der Waals surface area contributed by atoms with Gasteiger partial charge in [-0.1, -0.05) is 29.3 Å². The van der Waals surface area contributed by atoms with Crippen molar-refractivity contribution in [2.45, 2.75) is 31.7 Å². The van der Waals surface area contributed by atoms with Gasteiger partial charge in [0, 0.05) is 31.5 Å². The number of rotatable bonds is 2. The van der Waals surface area contributed by atoms with Crippen molar-refractivity contribution in [2.24, 2.45) is 0 Å². The lowest BCUT2D eigenvalue weighted by Gasteiger charge is -2.37. The Bertz CT molecular complexity index is 486. The molecule has 0 bridgehead atoms. The molecular formula is C13H15Cl2N3O. The minimum Gasteiger partial charge on any atom is -0.336 e. The van der Waals surface area contributed by atoms with Crippen LogP contribution in [0.25, 0.3) is 0 Å². The normalized spacial score (nSPS) is 23.2. The number of nitrogens with zero attached hydrogens (tertiary/aromatic N) is 3. The number of aromatic nitrogens is 2. The molecule has 4 nitrogen and oxygen atoms in total. The Kier molecular flexibility index (Phi) is 4.42. The van der Waals surface area contributed by atoms with E-state index in [4.69, 9.17) is 23.2 Å². The van der Waals surface area contributed by atoms with Crippen LogP contribution in [0, 0.1) is 0 Å². The fraction of sp³-hybridized carbons (Fsp3) is 0.462. The van der Waals surface area contributed by atoms with Gasteiger partial charge in [0.25, 0.3) is 0 Å². The largest absolute Gasteiger partial charge is 0.336 e. The molecule has 1 aromatic heterocycles.